The number of hydrogen-bond acceptors (Lipinski definition) is 6. The zero-order valence-corrected chi connectivity index (χ0v) is 22.6. The molecule has 0 fully saturated rings. The maximum atomic E-state index is 13.6. The molecule has 0 unspecified atom stereocenters. The largest absolute Gasteiger partial charge is 0.464 e. The summed E-state index contributed by atoms with van der Waals surface area (Å²) in [7, 11) is 0. The second-order valence-electron chi connectivity index (χ2n) is 9.51. The molecule has 208 valence electrons. The van der Waals surface area contributed by atoms with Gasteiger partial charge in [-0.1, -0.05) is 48.0 Å². The molecule has 0 bridgehead atoms. The van der Waals surface area contributed by atoms with E-state index < -0.39 is 10.8 Å². The molecule has 0 aliphatic heterocycles. The number of amides is 2. The van der Waals surface area contributed by atoms with E-state index in [1.807, 2.05) is 43.3 Å². The van der Waals surface area contributed by atoms with Crippen LogP contribution in [0.2, 0.25) is 0 Å². The molecule has 0 atom stereocenters. The molecule has 41 heavy (non-hydrogen) atoms. The molecule has 9 nitrogen and oxygen atoms in total. The van der Waals surface area contributed by atoms with Crippen LogP contribution in [0.4, 0.5) is 5.69 Å². The summed E-state index contributed by atoms with van der Waals surface area (Å²) in [4.78, 5) is 53.2. The lowest BCUT2D eigenvalue weighted by atomic mass is 10.1. The smallest absolute Gasteiger partial charge is 0.269 e. The van der Waals surface area contributed by atoms with E-state index in [4.69, 9.17) is 4.42 Å². The number of nitrogens with zero attached hydrogens (tertiary/aromatic N) is 3. The van der Waals surface area contributed by atoms with Gasteiger partial charge in [0.15, 0.2) is 5.43 Å². The van der Waals surface area contributed by atoms with Gasteiger partial charge in [-0.3, -0.25) is 24.5 Å². The Morgan fingerprint density at radius 1 is 1.00 bits per heavy atom. The Labute approximate surface area is 236 Å². The molecule has 1 heterocycles. The second kappa shape index (κ2) is 13.2. The first-order valence-electron chi connectivity index (χ1n) is 12.9. The number of aryl methyl sites for hydroxylation is 1. The second-order valence-corrected chi connectivity index (χ2v) is 9.51. The van der Waals surface area contributed by atoms with Crippen molar-refractivity contribution in [2.24, 2.45) is 0 Å². The minimum atomic E-state index is -0.500. The number of rotatable bonds is 11. The summed E-state index contributed by atoms with van der Waals surface area (Å²) in [5, 5.41) is 11.3. The van der Waals surface area contributed by atoms with E-state index in [2.05, 4.69) is 6.58 Å². The third-order valence-corrected chi connectivity index (χ3v) is 6.44. The standard InChI is InChI=1S/C32H29N3O6/c1-3-17-33(30(36)16-12-24-10-13-27(14-11-24)35(39)40)21-31(37)34(19-25-7-5-4-6-8-25)20-26-22-41-29-15-9-23(2)18-28(29)32(26)38/h3-16,18,22H,1,17,19-21H2,2H3. The molecule has 0 aliphatic carbocycles. The molecule has 2 amide bonds. The van der Waals surface area contributed by atoms with E-state index in [1.165, 1.54) is 58.6 Å². The topological polar surface area (TPSA) is 114 Å². The molecule has 0 saturated carbocycles. The number of benzene rings is 3. The molecule has 9 heteroatoms. The van der Waals surface area contributed by atoms with Gasteiger partial charge < -0.3 is 14.2 Å². The first-order valence-corrected chi connectivity index (χ1v) is 12.9. The molecular weight excluding hydrogens is 522 g/mol. The number of hydrogen-bond donors (Lipinski definition) is 0. The Morgan fingerprint density at radius 2 is 1.73 bits per heavy atom. The SMILES string of the molecule is C=CCN(CC(=O)N(Cc1ccccc1)Cc1coc2ccc(C)cc2c1=O)C(=O)C=Cc1ccc([N+](=O)[O-])cc1. The highest BCUT2D eigenvalue weighted by Crippen LogP contribution is 2.16. The van der Waals surface area contributed by atoms with Crippen LogP contribution in [0.25, 0.3) is 17.0 Å². The van der Waals surface area contributed by atoms with Crippen molar-refractivity contribution in [1.82, 2.24) is 9.80 Å². The normalized spacial score (nSPS) is 11.0. The average Bonchev–Trinajstić information content (AvgIpc) is 2.97. The molecule has 3 aromatic carbocycles. The van der Waals surface area contributed by atoms with Crippen LogP contribution in [0, 0.1) is 17.0 Å². The number of non-ortho nitro benzene ring substituents is 1. The minimum Gasteiger partial charge on any atom is -0.464 e. The third-order valence-electron chi connectivity index (χ3n) is 6.44. The quantitative estimate of drug-likeness (QED) is 0.109. The van der Waals surface area contributed by atoms with Gasteiger partial charge in [0, 0.05) is 31.3 Å². The monoisotopic (exact) mass is 551 g/mol. The van der Waals surface area contributed by atoms with Crippen molar-refractivity contribution in [3.05, 3.63) is 140 Å². The number of nitro benzene ring substituents is 1. The predicted molar refractivity (Wildman–Crippen MR) is 157 cm³/mol. The van der Waals surface area contributed by atoms with Crippen molar-refractivity contribution in [1.29, 1.82) is 0 Å². The van der Waals surface area contributed by atoms with Crippen molar-refractivity contribution in [3.63, 3.8) is 0 Å². The van der Waals surface area contributed by atoms with Crippen LogP contribution in [0.1, 0.15) is 22.3 Å². The third kappa shape index (κ3) is 7.42. The van der Waals surface area contributed by atoms with E-state index >= 15 is 0 Å². The maximum Gasteiger partial charge on any atom is 0.269 e. The van der Waals surface area contributed by atoms with Gasteiger partial charge in [0.05, 0.1) is 28.7 Å². The van der Waals surface area contributed by atoms with Crippen molar-refractivity contribution in [2.75, 3.05) is 13.1 Å². The van der Waals surface area contributed by atoms with Gasteiger partial charge in [-0.2, -0.15) is 0 Å². The van der Waals surface area contributed by atoms with Crippen molar-refractivity contribution < 1.29 is 18.9 Å². The number of carbonyl (C=O) groups is 2. The van der Waals surface area contributed by atoms with Crippen LogP contribution in [-0.2, 0) is 22.7 Å². The fourth-order valence-corrected chi connectivity index (χ4v) is 4.27. The van der Waals surface area contributed by atoms with Gasteiger partial charge in [0.1, 0.15) is 12.1 Å². The van der Waals surface area contributed by atoms with E-state index in [1.54, 1.807) is 12.1 Å². The zero-order valence-electron chi connectivity index (χ0n) is 22.6. The van der Waals surface area contributed by atoms with Crippen LogP contribution in [0.3, 0.4) is 0 Å². The number of carbonyl (C=O) groups excluding carboxylic acids is 2. The van der Waals surface area contributed by atoms with Crippen LogP contribution >= 0.6 is 0 Å². The van der Waals surface area contributed by atoms with Crippen LogP contribution in [0.5, 0.6) is 0 Å². The molecule has 0 N–H and O–H groups in total. The summed E-state index contributed by atoms with van der Waals surface area (Å²) in [6, 6.07) is 20.5. The highest BCUT2D eigenvalue weighted by molar-refractivity contribution is 5.94. The molecule has 0 aliphatic rings. The van der Waals surface area contributed by atoms with E-state index in [-0.39, 0.29) is 43.2 Å². The lowest BCUT2D eigenvalue weighted by molar-refractivity contribution is -0.384. The van der Waals surface area contributed by atoms with Crippen LogP contribution < -0.4 is 5.43 Å². The summed E-state index contributed by atoms with van der Waals surface area (Å²) < 4.78 is 5.70. The summed E-state index contributed by atoms with van der Waals surface area (Å²) in [5.41, 5.74) is 2.89. The van der Waals surface area contributed by atoms with Gasteiger partial charge in [0.25, 0.3) is 5.69 Å². The molecule has 4 aromatic rings. The highest BCUT2D eigenvalue weighted by atomic mass is 16.6. The Bertz CT molecular complexity index is 1660. The first-order chi connectivity index (χ1) is 19.7. The first kappa shape index (κ1) is 28.7. The predicted octanol–water partition coefficient (Wildman–Crippen LogP) is 5.27. The van der Waals surface area contributed by atoms with Crippen molar-refractivity contribution in [3.8, 4) is 0 Å². The van der Waals surface area contributed by atoms with Gasteiger partial charge in [-0.05, 0) is 48.4 Å². The number of fused-ring (bicyclic) bond motifs is 1. The molecule has 1 aromatic heterocycles. The van der Waals surface area contributed by atoms with Gasteiger partial charge >= 0.3 is 0 Å². The van der Waals surface area contributed by atoms with Gasteiger partial charge in [-0.15, -0.1) is 6.58 Å². The minimum absolute atomic E-state index is 0.00526. The Morgan fingerprint density at radius 3 is 2.41 bits per heavy atom. The van der Waals surface area contributed by atoms with Gasteiger partial charge in [0.2, 0.25) is 11.8 Å². The molecule has 4 rings (SSSR count). The summed E-state index contributed by atoms with van der Waals surface area (Å²) in [6.45, 7) is 5.67. The van der Waals surface area contributed by atoms with Crippen LogP contribution in [-0.4, -0.2) is 39.6 Å². The fourth-order valence-electron chi connectivity index (χ4n) is 4.27. The van der Waals surface area contributed by atoms with E-state index in [9.17, 15) is 24.5 Å². The maximum absolute atomic E-state index is 13.6. The van der Waals surface area contributed by atoms with Crippen molar-refractivity contribution >= 4 is 34.5 Å². The van der Waals surface area contributed by atoms with Gasteiger partial charge in [-0.25, -0.2) is 0 Å². The lowest BCUT2D eigenvalue weighted by Gasteiger charge is -2.26. The molecule has 0 spiro atoms. The molecule has 0 radical (unpaired) electrons. The fraction of sp³-hybridized carbons (Fsp3) is 0.156. The average molecular weight is 552 g/mol. The Balaban J connectivity index is 1.56. The number of nitro groups is 1. The molecular formula is C32H29N3O6. The summed E-state index contributed by atoms with van der Waals surface area (Å²) >= 11 is 0. The Hall–Kier alpha value is -5.31. The highest BCUT2D eigenvalue weighted by Gasteiger charge is 2.22. The molecule has 0 saturated heterocycles. The van der Waals surface area contributed by atoms with E-state index in [0.29, 0.717) is 22.1 Å². The van der Waals surface area contributed by atoms with E-state index in [0.717, 1.165) is 11.1 Å². The Kier molecular flexibility index (Phi) is 9.21. The lowest BCUT2D eigenvalue weighted by Crippen LogP contribution is -2.42. The summed E-state index contributed by atoms with van der Waals surface area (Å²) in [5.74, 6) is -0.798. The van der Waals surface area contributed by atoms with Crippen molar-refractivity contribution in [2.45, 2.75) is 20.0 Å². The van der Waals surface area contributed by atoms with Crippen LogP contribution in [0.15, 0.2) is 107 Å². The summed E-state index contributed by atoms with van der Waals surface area (Å²) in [6.07, 6.45) is 5.73. The zero-order chi connectivity index (χ0) is 29.4.